The number of benzene rings is 2. The van der Waals surface area contributed by atoms with Gasteiger partial charge in [0.2, 0.25) is 15.9 Å². The highest BCUT2D eigenvalue weighted by Gasteiger charge is 2.38. The molecule has 136 valence electrons. The van der Waals surface area contributed by atoms with E-state index in [9.17, 15) is 13.2 Å². The third-order valence-corrected chi connectivity index (χ3v) is 6.85. The lowest BCUT2D eigenvalue weighted by molar-refractivity contribution is -0.119. The average molecular weight is 370 g/mol. The normalized spacial score (nSPS) is 20.2. The van der Waals surface area contributed by atoms with Gasteiger partial charge in [0.1, 0.15) is 0 Å². The van der Waals surface area contributed by atoms with E-state index in [4.69, 9.17) is 0 Å². The van der Waals surface area contributed by atoms with Crippen molar-refractivity contribution in [3.05, 3.63) is 59.2 Å². The van der Waals surface area contributed by atoms with Crippen LogP contribution in [0.3, 0.4) is 0 Å². The van der Waals surface area contributed by atoms with Crippen LogP contribution in [0.2, 0.25) is 0 Å². The van der Waals surface area contributed by atoms with Gasteiger partial charge >= 0.3 is 0 Å². The summed E-state index contributed by atoms with van der Waals surface area (Å²) in [7, 11) is -3.68. The third-order valence-electron chi connectivity index (χ3n) is 5.33. The molecule has 0 aliphatic carbocycles. The monoisotopic (exact) mass is 370 g/mol. The molecule has 2 aliphatic rings. The van der Waals surface area contributed by atoms with Crippen molar-refractivity contribution in [2.24, 2.45) is 0 Å². The predicted molar refractivity (Wildman–Crippen MR) is 101 cm³/mol. The number of nitrogens with one attached hydrogen (secondary N) is 1. The van der Waals surface area contributed by atoms with Crippen molar-refractivity contribution in [3.63, 3.8) is 0 Å². The molecule has 2 aromatic rings. The van der Waals surface area contributed by atoms with Crippen LogP contribution in [-0.2, 0) is 21.2 Å². The molecule has 1 N–H and O–H groups in total. The Morgan fingerprint density at radius 2 is 1.92 bits per heavy atom. The fraction of sp³-hybridized carbons (Fsp3) is 0.350. The van der Waals surface area contributed by atoms with Gasteiger partial charge in [0.15, 0.2) is 0 Å². The van der Waals surface area contributed by atoms with Crippen LogP contribution in [0.4, 0.5) is 5.69 Å². The molecule has 1 amide bonds. The van der Waals surface area contributed by atoms with Crippen molar-refractivity contribution in [2.75, 3.05) is 11.4 Å². The second-order valence-electron chi connectivity index (χ2n) is 7.09. The van der Waals surface area contributed by atoms with Crippen LogP contribution in [0.1, 0.15) is 48.9 Å². The first-order chi connectivity index (χ1) is 12.4. The highest BCUT2D eigenvalue weighted by atomic mass is 32.2. The standard InChI is InChI=1S/C20H22N2O3S/c1-13-18-12-17(11-16-9-6-10-22(19(16)18)20(13)23)26(24,25)21-14(2)15-7-4-3-5-8-15/h3-5,7-8,11-14,21H,6,9-10H2,1-2H3/t13-,14+/m1/s1. The van der Waals surface area contributed by atoms with E-state index in [1.54, 1.807) is 12.1 Å². The number of hydrogen-bond acceptors (Lipinski definition) is 3. The summed E-state index contributed by atoms with van der Waals surface area (Å²) in [5.41, 5.74) is 3.64. The molecular weight excluding hydrogens is 348 g/mol. The molecule has 0 radical (unpaired) electrons. The molecule has 0 fully saturated rings. The van der Waals surface area contributed by atoms with E-state index in [0.717, 1.165) is 41.8 Å². The third kappa shape index (κ3) is 2.73. The molecule has 2 aliphatic heterocycles. The van der Waals surface area contributed by atoms with E-state index in [1.165, 1.54) is 0 Å². The summed E-state index contributed by atoms with van der Waals surface area (Å²) < 4.78 is 28.7. The van der Waals surface area contributed by atoms with E-state index in [0.29, 0.717) is 0 Å². The van der Waals surface area contributed by atoms with Crippen LogP contribution < -0.4 is 9.62 Å². The summed E-state index contributed by atoms with van der Waals surface area (Å²) in [6.07, 6.45) is 1.67. The van der Waals surface area contributed by atoms with Gasteiger partial charge in [-0.05, 0) is 55.5 Å². The Balaban J connectivity index is 1.71. The molecule has 26 heavy (non-hydrogen) atoms. The number of hydrogen-bond donors (Lipinski definition) is 1. The van der Waals surface area contributed by atoms with Crippen LogP contribution in [0.15, 0.2) is 47.4 Å². The Bertz CT molecular complexity index is 970. The van der Waals surface area contributed by atoms with Gasteiger partial charge in [0.05, 0.1) is 16.5 Å². The zero-order chi connectivity index (χ0) is 18.5. The van der Waals surface area contributed by atoms with E-state index in [1.807, 2.05) is 49.1 Å². The number of aryl methyl sites for hydroxylation is 1. The Labute approximate surface area is 154 Å². The molecule has 2 heterocycles. The van der Waals surface area contributed by atoms with E-state index in [-0.39, 0.29) is 22.8 Å². The van der Waals surface area contributed by atoms with Crippen molar-refractivity contribution in [2.45, 2.75) is 43.5 Å². The largest absolute Gasteiger partial charge is 0.311 e. The summed E-state index contributed by atoms with van der Waals surface area (Å²) in [6.45, 7) is 4.41. The van der Waals surface area contributed by atoms with E-state index in [2.05, 4.69) is 4.72 Å². The predicted octanol–water partition coefficient (Wildman–Crippen LogP) is 3.12. The number of carbonyl (C=O) groups is 1. The lowest BCUT2D eigenvalue weighted by Gasteiger charge is -2.26. The quantitative estimate of drug-likeness (QED) is 0.899. The number of rotatable bonds is 4. The average Bonchev–Trinajstić information content (AvgIpc) is 2.89. The fourth-order valence-electron chi connectivity index (χ4n) is 3.93. The van der Waals surface area contributed by atoms with Crippen molar-refractivity contribution in [3.8, 4) is 0 Å². The molecule has 2 atom stereocenters. The maximum absolute atomic E-state index is 13.0. The van der Waals surface area contributed by atoms with Gasteiger partial charge in [-0.15, -0.1) is 0 Å². The first-order valence-corrected chi connectivity index (χ1v) is 10.4. The van der Waals surface area contributed by atoms with Gasteiger partial charge in [-0.25, -0.2) is 13.1 Å². The maximum Gasteiger partial charge on any atom is 0.241 e. The Morgan fingerprint density at radius 1 is 1.19 bits per heavy atom. The van der Waals surface area contributed by atoms with Gasteiger partial charge < -0.3 is 4.90 Å². The van der Waals surface area contributed by atoms with Crippen molar-refractivity contribution >= 4 is 21.6 Å². The number of anilines is 1. The van der Waals surface area contributed by atoms with Crippen LogP contribution in [0, 0.1) is 0 Å². The lowest BCUT2D eigenvalue weighted by Crippen LogP contribution is -2.32. The lowest BCUT2D eigenvalue weighted by atomic mass is 9.97. The smallest absolute Gasteiger partial charge is 0.241 e. The minimum atomic E-state index is -3.68. The summed E-state index contributed by atoms with van der Waals surface area (Å²) in [6, 6.07) is 12.6. The van der Waals surface area contributed by atoms with E-state index >= 15 is 0 Å². The molecule has 0 saturated heterocycles. The summed E-state index contributed by atoms with van der Waals surface area (Å²) in [5.74, 6) is -0.218. The number of amides is 1. The first kappa shape index (κ1) is 17.2. The Hall–Kier alpha value is -2.18. The molecule has 0 bridgehead atoms. The topological polar surface area (TPSA) is 66.5 Å². The fourth-order valence-corrected chi connectivity index (χ4v) is 5.25. The summed E-state index contributed by atoms with van der Waals surface area (Å²) >= 11 is 0. The summed E-state index contributed by atoms with van der Waals surface area (Å²) in [5, 5.41) is 0. The molecule has 0 aromatic heterocycles. The van der Waals surface area contributed by atoms with Crippen LogP contribution >= 0.6 is 0 Å². The second kappa shape index (κ2) is 6.21. The first-order valence-electron chi connectivity index (χ1n) is 8.94. The Kier molecular flexibility index (Phi) is 4.12. The van der Waals surface area contributed by atoms with Crippen LogP contribution in [0.25, 0.3) is 0 Å². The molecule has 4 rings (SSSR count). The molecule has 0 spiro atoms. The van der Waals surface area contributed by atoms with E-state index < -0.39 is 10.0 Å². The molecule has 5 nitrogen and oxygen atoms in total. The zero-order valence-electron chi connectivity index (χ0n) is 14.9. The number of sulfonamides is 1. The molecule has 0 unspecified atom stereocenters. The number of carbonyl (C=O) groups excluding carboxylic acids is 1. The minimum Gasteiger partial charge on any atom is -0.311 e. The second-order valence-corrected chi connectivity index (χ2v) is 8.80. The van der Waals surface area contributed by atoms with Crippen LogP contribution in [-0.4, -0.2) is 20.9 Å². The van der Waals surface area contributed by atoms with Crippen molar-refractivity contribution in [1.82, 2.24) is 4.72 Å². The van der Waals surface area contributed by atoms with Gasteiger partial charge in [0, 0.05) is 12.6 Å². The van der Waals surface area contributed by atoms with Crippen LogP contribution in [0.5, 0.6) is 0 Å². The van der Waals surface area contributed by atoms with Gasteiger partial charge in [0.25, 0.3) is 0 Å². The Morgan fingerprint density at radius 3 is 2.65 bits per heavy atom. The molecule has 6 heteroatoms. The van der Waals surface area contributed by atoms with Gasteiger partial charge in [-0.2, -0.15) is 0 Å². The molecule has 2 aromatic carbocycles. The summed E-state index contributed by atoms with van der Waals surface area (Å²) in [4.78, 5) is 14.5. The van der Waals surface area contributed by atoms with Gasteiger partial charge in [-0.1, -0.05) is 30.3 Å². The van der Waals surface area contributed by atoms with Crippen molar-refractivity contribution in [1.29, 1.82) is 0 Å². The molecule has 0 saturated carbocycles. The van der Waals surface area contributed by atoms with Gasteiger partial charge in [-0.3, -0.25) is 4.79 Å². The molecular formula is C20H22N2O3S. The SMILES string of the molecule is C[C@H](NS(=O)(=O)c1cc2c3c(c1)[C@@H](C)C(=O)N3CCC2)c1ccccc1. The number of nitrogens with zero attached hydrogens (tertiary/aromatic N) is 1. The highest BCUT2D eigenvalue weighted by Crippen LogP contribution is 2.43. The highest BCUT2D eigenvalue weighted by molar-refractivity contribution is 7.89. The maximum atomic E-state index is 13.0. The van der Waals surface area contributed by atoms with Crippen molar-refractivity contribution < 1.29 is 13.2 Å². The minimum absolute atomic E-state index is 0.0705. The zero-order valence-corrected chi connectivity index (χ0v) is 15.7.